The predicted octanol–water partition coefficient (Wildman–Crippen LogP) is 2.34. The van der Waals surface area contributed by atoms with Gasteiger partial charge in [-0.15, -0.1) is 0 Å². The molecule has 2 fully saturated rings. The molecule has 2 aliphatic rings. The molecule has 2 N–H and O–H groups in total. The molecule has 1 aromatic carbocycles. The Morgan fingerprint density at radius 1 is 1.41 bits per heavy atom. The zero-order chi connectivity index (χ0) is 19.8. The van der Waals surface area contributed by atoms with E-state index in [1.165, 1.54) is 18.2 Å². The van der Waals surface area contributed by atoms with Crippen LogP contribution in [0.3, 0.4) is 0 Å². The Balaban J connectivity index is 1.73. The molecule has 1 aromatic rings. The summed E-state index contributed by atoms with van der Waals surface area (Å²) in [4.78, 5) is 48.9. The third-order valence-corrected chi connectivity index (χ3v) is 5.51. The number of non-ortho nitro benzene ring substituents is 1. The summed E-state index contributed by atoms with van der Waals surface area (Å²) >= 11 is 0. The summed E-state index contributed by atoms with van der Waals surface area (Å²) in [6, 6.07) is 3.56. The van der Waals surface area contributed by atoms with E-state index in [2.05, 4.69) is 10.6 Å². The molecule has 9 nitrogen and oxygen atoms in total. The fourth-order valence-corrected chi connectivity index (χ4v) is 3.83. The first-order valence-electron chi connectivity index (χ1n) is 8.93. The van der Waals surface area contributed by atoms with E-state index in [1.54, 1.807) is 6.92 Å². The minimum absolute atomic E-state index is 0.00905. The molecule has 1 heterocycles. The molecule has 27 heavy (non-hydrogen) atoms. The van der Waals surface area contributed by atoms with Gasteiger partial charge < -0.3 is 10.6 Å². The molecule has 1 saturated carbocycles. The van der Waals surface area contributed by atoms with Gasteiger partial charge in [0.15, 0.2) is 0 Å². The molecule has 1 spiro atoms. The maximum absolute atomic E-state index is 12.9. The van der Waals surface area contributed by atoms with Crippen LogP contribution in [0.2, 0.25) is 0 Å². The number of benzene rings is 1. The van der Waals surface area contributed by atoms with Gasteiger partial charge in [0.25, 0.3) is 11.6 Å². The number of aryl methyl sites for hydroxylation is 1. The number of hydrogen-bond acceptors (Lipinski definition) is 5. The Morgan fingerprint density at radius 3 is 2.81 bits per heavy atom. The molecular weight excluding hydrogens is 352 g/mol. The van der Waals surface area contributed by atoms with Crippen LogP contribution in [-0.4, -0.2) is 39.8 Å². The molecule has 144 valence electrons. The van der Waals surface area contributed by atoms with Crippen LogP contribution >= 0.6 is 0 Å². The van der Waals surface area contributed by atoms with Gasteiger partial charge in [-0.05, 0) is 31.2 Å². The van der Waals surface area contributed by atoms with Crippen molar-refractivity contribution < 1.29 is 19.3 Å². The van der Waals surface area contributed by atoms with Gasteiger partial charge in [-0.2, -0.15) is 0 Å². The first-order chi connectivity index (χ1) is 12.7. The number of amides is 4. The van der Waals surface area contributed by atoms with Gasteiger partial charge in [-0.25, -0.2) is 4.79 Å². The second-order valence-electron chi connectivity index (χ2n) is 7.24. The molecule has 0 bridgehead atoms. The maximum Gasteiger partial charge on any atom is 0.325 e. The number of carbonyl (C=O) groups is 3. The van der Waals surface area contributed by atoms with Gasteiger partial charge in [0.05, 0.1) is 10.6 Å². The van der Waals surface area contributed by atoms with Crippen LogP contribution < -0.4 is 10.6 Å². The predicted molar refractivity (Wildman–Crippen MR) is 97.1 cm³/mol. The van der Waals surface area contributed by atoms with Gasteiger partial charge in [0, 0.05) is 12.1 Å². The van der Waals surface area contributed by atoms with Crippen molar-refractivity contribution in [3.05, 3.63) is 33.9 Å². The monoisotopic (exact) mass is 374 g/mol. The average Bonchev–Trinajstić information content (AvgIpc) is 2.84. The number of rotatable bonds is 4. The van der Waals surface area contributed by atoms with E-state index in [0.717, 1.165) is 24.2 Å². The van der Waals surface area contributed by atoms with Crippen molar-refractivity contribution in [2.24, 2.45) is 5.92 Å². The third-order valence-electron chi connectivity index (χ3n) is 5.51. The minimum Gasteiger partial charge on any atom is -0.324 e. The molecule has 2 atom stereocenters. The molecule has 3 rings (SSSR count). The average molecular weight is 374 g/mol. The summed E-state index contributed by atoms with van der Waals surface area (Å²) < 4.78 is 0. The normalized spacial score (nSPS) is 24.8. The van der Waals surface area contributed by atoms with Crippen LogP contribution in [0.1, 0.15) is 38.2 Å². The smallest absolute Gasteiger partial charge is 0.324 e. The lowest BCUT2D eigenvalue weighted by Crippen LogP contribution is -2.54. The largest absolute Gasteiger partial charge is 0.325 e. The zero-order valence-electron chi connectivity index (χ0n) is 15.3. The van der Waals surface area contributed by atoms with E-state index >= 15 is 0 Å². The molecule has 9 heteroatoms. The highest BCUT2D eigenvalue weighted by molar-refractivity contribution is 6.10. The van der Waals surface area contributed by atoms with Crippen LogP contribution in [0.25, 0.3) is 0 Å². The lowest BCUT2D eigenvalue weighted by Gasteiger charge is -2.36. The third kappa shape index (κ3) is 3.36. The van der Waals surface area contributed by atoms with E-state index in [0.29, 0.717) is 12.0 Å². The number of urea groups is 1. The summed E-state index contributed by atoms with van der Waals surface area (Å²) in [6.45, 7) is 3.21. The Kier molecular flexibility index (Phi) is 4.86. The molecule has 4 amide bonds. The van der Waals surface area contributed by atoms with E-state index in [1.807, 2.05) is 6.92 Å². The summed E-state index contributed by atoms with van der Waals surface area (Å²) in [5, 5.41) is 16.3. The van der Waals surface area contributed by atoms with Crippen molar-refractivity contribution in [2.75, 3.05) is 11.9 Å². The molecule has 1 aliphatic heterocycles. The Hall–Kier alpha value is -2.97. The second kappa shape index (κ2) is 6.98. The van der Waals surface area contributed by atoms with Gasteiger partial charge in [-0.3, -0.25) is 24.6 Å². The highest BCUT2D eigenvalue weighted by atomic mass is 16.6. The van der Waals surface area contributed by atoms with E-state index in [-0.39, 0.29) is 23.2 Å². The van der Waals surface area contributed by atoms with Crippen molar-refractivity contribution in [3.8, 4) is 0 Å². The lowest BCUT2D eigenvalue weighted by atomic mass is 9.73. The summed E-state index contributed by atoms with van der Waals surface area (Å²) in [6.07, 6.45) is 3.28. The van der Waals surface area contributed by atoms with Gasteiger partial charge in [0.1, 0.15) is 12.1 Å². The fraction of sp³-hybridized carbons (Fsp3) is 0.500. The Morgan fingerprint density at radius 2 is 2.15 bits per heavy atom. The SMILES string of the molecule is Cc1ccc([N+](=O)[O-])cc1NC(=O)CN1C(=O)N[C@@]2(CCCC[C@@H]2C)C1=O. The summed E-state index contributed by atoms with van der Waals surface area (Å²) in [5.74, 6) is -0.942. The van der Waals surface area contributed by atoms with Crippen molar-refractivity contribution >= 4 is 29.2 Å². The summed E-state index contributed by atoms with van der Waals surface area (Å²) in [7, 11) is 0. The number of nitro groups is 1. The van der Waals surface area contributed by atoms with Crippen LogP contribution in [-0.2, 0) is 9.59 Å². The molecule has 1 aliphatic carbocycles. The fourth-order valence-electron chi connectivity index (χ4n) is 3.83. The van der Waals surface area contributed by atoms with Gasteiger partial charge in [-0.1, -0.05) is 25.8 Å². The van der Waals surface area contributed by atoms with Crippen molar-refractivity contribution in [3.63, 3.8) is 0 Å². The quantitative estimate of drug-likeness (QED) is 0.476. The highest BCUT2D eigenvalue weighted by Gasteiger charge is 2.55. The number of nitrogens with one attached hydrogen (secondary N) is 2. The van der Waals surface area contributed by atoms with Gasteiger partial charge in [0.2, 0.25) is 5.91 Å². The Labute approximate surface area is 156 Å². The number of anilines is 1. The topological polar surface area (TPSA) is 122 Å². The highest BCUT2D eigenvalue weighted by Crippen LogP contribution is 2.38. The number of nitro benzene ring substituents is 1. The van der Waals surface area contributed by atoms with E-state index in [9.17, 15) is 24.5 Å². The van der Waals surface area contributed by atoms with E-state index in [4.69, 9.17) is 0 Å². The van der Waals surface area contributed by atoms with Crippen molar-refractivity contribution in [2.45, 2.75) is 45.1 Å². The summed E-state index contributed by atoms with van der Waals surface area (Å²) in [5.41, 5.74) is -0.150. The Bertz CT molecular complexity index is 824. The van der Waals surface area contributed by atoms with Crippen LogP contribution in [0.5, 0.6) is 0 Å². The van der Waals surface area contributed by atoms with Crippen LogP contribution in [0, 0.1) is 23.0 Å². The number of carbonyl (C=O) groups excluding carboxylic acids is 3. The van der Waals surface area contributed by atoms with Crippen molar-refractivity contribution in [1.82, 2.24) is 10.2 Å². The molecule has 1 saturated heterocycles. The molecular formula is C18H22N4O5. The second-order valence-corrected chi connectivity index (χ2v) is 7.24. The van der Waals surface area contributed by atoms with Crippen LogP contribution in [0.15, 0.2) is 18.2 Å². The lowest BCUT2D eigenvalue weighted by molar-refractivity contribution is -0.384. The minimum atomic E-state index is -0.920. The zero-order valence-corrected chi connectivity index (χ0v) is 15.3. The molecule has 0 unspecified atom stereocenters. The van der Waals surface area contributed by atoms with E-state index < -0.39 is 28.9 Å². The number of hydrogen-bond donors (Lipinski definition) is 2. The van der Waals surface area contributed by atoms with Crippen molar-refractivity contribution in [1.29, 1.82) is 0 Å². The maximum atomic E-state index is 12.9. The first-order valence-corrected chi connectivity index (χ1v) is 8.93. The molecule has 0 radical (unpaired) electrons. The number of imide groups is 1. The van der Waals surface area contributed by atoms with Crippen LogP contribution in [0.4, 0.5) is 16.2 Å². The first kappa shape index (κ1) is 18.8. The molecule has 0 aromatic heterocycles. The van der Waals surface area contributed by atoms with Gasteiger partial charge >= 0.3 is 6.03 Å². The standard InChI is InChI=1S/C18H22N4O5/c1-11-6-7-13(22(26)27)9-14(11)19-15(23)10-21-16(24)18(20-17(21)25)8-4-3-5-12(18)2/h6-7,9,12H,3-5,8,10H2,1-2H3,(H,19,23)(H,20,25)/t12-,18+/m0/s1. The number of nitrogens with zero attached hydrogens (tertiary/aromatic N) is 2.